The fourth-order valence-electron chi connectivity index (χ4n) is 1.88. The van der Waals surface area contributed by atoms with Crippen LogP contribution in [0.4, 0.5) is 0 Å². The summed E-state index contributed by atoms with van der Waals surface area (Å²) in [6.45, 7) is 2.05. The van der Waals surface area contributed by atoms with Gasteiger partial charge in [0.2, 0.25) is 0 Å². The van der Waals surface area contributed by atoms with Crippen molar-refractivity contribution in [2.24, 2.45) is 5.92 Å². The van der Waals surface area contributed by atoms with Crippen LogP contribution in [0, 0.1) is 5.92 Å². The van der Waals surface area contributed by atoms with Gasteiger partial charge in [-0.05, 0) is 29.9 Å². The predicted octanol–water partition coefficient (Wildman–Crippen LogP) is 2.74. The number of rotatable bonds is 0. The average molecular weight is 161 g/mol. The highest BCUT2D eigenvalue weighted by Gasteiger charge is 2.24. The van der Waals surface area contributed by atoms with Gasteiger partial charge in [0.1, 0.15) is 6.10 Å². The first-order chi connectivity index (χ1) is 5.79. The van der Waals surface area contributed by atoms with Crippen molar-refractivity contribution in [1.82, 2.24) is 0 Å². The van der Waals surface area contributed by atoms with Gasteiger partial charge in [-0.3, -0.25) is 0 Å². The van der Waals surface area contributed by atoms with Gasteiger partial charge in [0, 0.05) is 0 Å². The van der Waals surface area contributed by atoms with Crippen molar-refractivity contribution in [1.29, 1.82) is 0 Å². The van der Waals surface area contributed by atoms with Crippen LogP contribution in [0.3, 0.4) is 0 Å². The second kappa shape index (κ2) is 2.91. The van der Waals surface area contributed by atoms with Crippen molar-refractivity contribution >= 4 is 0 Å². The highest BCUT2D eigenvalue weighted by Crippen LogP contribution is 2.33. The fraction of sp³-hybridized carbons (Fsp3) is 0.455. The van der Waals surface area contributed by atoms with Crippen LogP contribution < -0.4 is 0 Å². The van der Waals surface area contributed by atoms with Gasteiger partial charge < -0.3 is 0 Å². The van der Waals surface area contributed by atoms with E-state index in [0.29, 0.717) is 5.92 Å². The van der Waals surface area contributed by atoms with Crippen molar-refractivity contribution in [3.05, 3.63) is 35.4 Å². The lowest BCUT2D eigenvalue weighted by Crippen LogP contribution is -2.16. The highest BCUT2D eigenvalue weighted by atomic mass is 16.3. The van der Waals surface area contributed by atoms with Gasteiger partial charge in [-0.25, -0.2) is 5.11 Å². The molecule has 1 heteroatoms. The number of benzene rings is 1. The molecule has 0 saturated carbocycles. The zero-order valence-corrected chi connectivity index (χ0v) is 7.29. The van der Waals surface area contributed by atoms with Crippen LogP contribution in [0.25, 0.3) is 0 Å². The molecule has 0 N–H and O–H groups in total. The third-order valence-electron chi connectivity index (χ3n) is 2.75. The minimum Gasteiger partial charge on any atom is -0.228 e. The summed E-state index contributed by atoms with van der Waals surface area (Å²) in [7, 11) is 0. The summed E-state index contributed by atoms with van der Waals surface area (Å²) in [6.07, 6.45) is 1.64. The van der Waals surface area contributed by atoms with E-state index in [9.17, 15) is 5.11 Å². The van der Waals surface area contributed by atoms with Crippen LogP contribution in [0.5, 0.6) is 0 Å². The molecule has 2 unspecified atom stereocenters. The predicted molar refractivity (Wildman–Crippen MR) is 47.4 cm³/mol. The SMILES string of the molecule is CC1CCc2ccccc2C1[O]. The van der Waals surface area contributed by atoms with E-state index >= 15 is 0 Å². The minimum absolute atomic E-state index is 0.305. The molecule has 0 aromatic heterocycles. The van der Waals surface area contributed by atoms with Gasteiger partial charge in [-0.1, -0.05) is 31.2 Å². The molecule has 1 radical (unpaired) electrons. The van der Waals surface area contributed by atoms with E-state index in [1.807, 2.05) is 25.1 Å². The zero-order chi connectivity index (χ0) is 8.55. The Morgan fingerprint density at radius 1 is 1.33 bits per heavy atom. The number of aryl methyl sites for hydroxylation is 1. The molecule has 1 aromatic rings. The van der Waals surface area contributed by atoms with Gasteiger partial charge >= 0.3 is 0 Å². The van der Waals surface area contributed by atoms with Crippen molar-refractivity contribution < 1.29 is 5.11 Å². The Kier molecular flexibility index (Phi) is 1.89. The maximum absolute atomic E-state index is 11.7. The van der Waals surface area contributed by atoms with Crippen LogP contribution in [0.2, 0.25) is 0 Å². The lowest BCUT2D eigenvalue weighted by molar-refractivity contribution is 0.0319. The molecular weight excluding hydrogens is 148 g/mol. The molecule has 1 aliphatic rings. The molecule has 0 spiro atoms. The second-order valence-electron chi connectivity index (χ2n) is 3.64. The third kappa shape index (κ3) is 1.14. The first-order valence-electron chi connectivity index (χ1n) is 4.52. The maximum atomic E-state index is 11.7. The van der Waals surface area contributed by atoms with Crippen LogP contribution >= 0.6 is 0 Å². The molecule has 0 fully saturated rings. The number of hydrogen-bond donors (Lipinski definition) is 0. The Balaban J connectivity index is 2.42. The molecule has 0 bridgehead atoms. The van der Waals surface area contributed by atoms with E-state index in [-0.39, 0.29) is 0 Å². The molecule has 1 aliphatic carbocycles. The molecule has 63 valence electrons. The standard InChI is InChI=1S/C11H13O/c1-8-6-7-9-4-2-3-5-10(9)11(8)12/h2-5,8,11H,6-7H2,1H3. The van der Waals surface area contributed by atoms with E-state index in [2.05, 4.69) is 6.07 Å². The molecule has 0 saturated heterocycles. The van der Waals surface area contributed by atoms with Gasteiger partial charge in [0.15, 0.2) is 0 Å². The molecule has 0 amide bonds. The third-order valence-corrected chi connectivity index (χ3v) is 2.75. The molecule has 2 rings (SSSR count). The molecule has 0 aliphatic heterocycles. The molecule has 2 atom stereocenters. The Hall–Kier alpha value is -0.820. The van der Waals surface area contributed by atoms with Crippen molar-refractivity contribution in [3.63, 3.8) is 0 Å². The highest BCUT2D eigenvalue weighted by molar-refractivity contribution is 5.31. The van der Waals surface area contributed by atoms with E-state index in [4.69, 9.17) is 0 Å². The summed E-state index contributed by atoms with van der Waals surface area (Å²) in [4.78, 5) is 0. The summed E-state index contributed by atoms with van der Waals surface area (Å²) in [5.41, 5.74) is 2.28. The Bertz CT molecular complexity index is 280. The van der Waals surface area contributed by atoms with Crippen molar-refractivity contribution in [2.45, 2.75) is 25.9 Å². The largest absolute Gasteiger partial charge is 0.228 e. The quantitative estimate of drug-likeness (QED) is 0.557. The lowest BCUT2D eigenvalue weighted by atomic mass is 9.83. The maximum Gasteiger partial charge on any atom is 0.121 e. The van der Waals surface area contributed by atoms with Crippen molar-refractivity contribution in [3.8, 4) is 0 Å². The molecule has 1 nitrogen and oxygen atoms in total. The normalized spacial score (nSPS) is 28.2. The zero-order valence-electron chi connectivity index (χ0n) is 7.29. The minimum atomic E-state index is -0.491. The fourth-order valence-corrected chi connectivity index (χ4v) is 1.88. The van der Waals surface area contributed by atoms with Crippen molar-refractivity contribution in [2.75, 3.05) is 0 Å². The molecular formula is C11H13O. The topological polar surface area (TPSA) is 19.9 Å². The van der Waals surface area contributed by atoms with Gasteiger partial charge in [-0.2, -0.15) is 0 Å². The first kappa shape index (κ1) is 7.81. The first-order valence-corrected chi connectivity index (χ1v) is 4.52. The van der Waals surface area contributed by atoms with E-state index in [0.717, 1.165) is 18.4 Å². The van der Waals surface area contributed by atoms with E-state index < -0.39 is 6.10 Å². The second-order valence-corrected chi connectivity index (χ2v) is 3.64. The smallest absolute Gasteiger partial charge is 0.121 e. The summed E-state index contributed by atoms with van der Waals surface area (Å²) < 4.78 is 0. The summed E-state index contributed by atoms with van der Waals surface area (Å²) >= 11 is 0. The Morgan fingerprint density at radius 2 is 2.08 bits per heavy atom. The van der Waals surface area contributed by atoms with E-state index in [1.165, 1.54) is 5.56 Å². The molecule has 0 heterocycles. The monoisotopic (exact) mass is 161 g/mol. The lowest BCUT2D eigenvalue weighted by Gasteiger charge is -2.25. The number of hydrogen-bond acceptors (Lipinski definition) is 0. The van der Waals surface area contributed by atoms with Gasteiger partial charge in [0.25, 0.3) is 0 Å². The molecule has 12 heavy (non-hydrogen) atoms. The Morgan fingerprint density at radius 3 is 2.92 bits per heavy atom. The molecule has 1 aromatic carbocycles. The number of fused-ring (bicyclic) bond motifs is 1. The Labute approximate surface area is 73.0 Å². The summed E-state index contributed by atoms with van der Waals surface area (Å²) in [5, 5.41) is 11.7. The van der Waals surface area contributed by atoms with E-state index in [1.54, 1.807) is 0 Å². The summed E-state index contributed by atoms with van der Waals surface area (Å²) in [6, 6.07) is 8.03. The van der Waals surface area contributed by atoms with Crippen LogP contribution in [0.15, 0.2) is 24.3 Å². The van der Waals surface area contributed by atoms with Gasteiger partial charge in [0.05, 0.1) is 0 Å². The van der Waals surface area contributed by atoms with Crippen LogP contribution in [-0.2, 0) is 11.5 Å². The average Bonchev–Trinajstić information content (AvgIpc) is 2.12. The van der Waals surface area contributed by atoms with Gasteiger partial charge in [-0.15, -0.1) is 0 Å². The summed E-state index contributed by atoms with van der Waals surface area (Å²) in [5.74, 6) is 0.305. The van der Waals surface area contributed by atoms with Crippen LogP contribution in [-0.4, -0.2) is 0 Å². The van der Waals surface area contributed by atoms with Crippen LogP contribution in [0.1, 0.15) is 30.6 Å².